The molecule has 1 aliphatic heterocycles. The van der Waals surface area contributed by atoms with Crippen LogP contribution in [0.1, 0.15) is 51.0 Å². The summed E-state index contributed by atoms with van der Waals surface area (Å²) in [5, 5.41) is 25.8. The van der Waals surface area contributed by atoms with Gasteiger partial charge in [-0.2, -0.15) is 0 Å². The molecule has 0 bridgehead atoms. The number of rotatable bonds is 9. The number of likely N-dealkylation sites (tertiary alicyclic amines) is 1. The van der Waals surface area contributed by atoms with Crippen molar-refractivity contribution in [1.29, 1.82) is 0 Å². The predicted octanol–water partition coefficient (Wildman–Crippen LogP) is 5.36. The summed E-state index contributed by atoms with van der Waals surface area (Å²) in [5.41, 5.74) is 1.67. The van der Waals surface area contributed by atoms with Crippen molar-refractivity contribution >= 4 is 28.0 Å². The number of furan rings is 1. The van der Waals surface area contributed by atoms with E-state index in [1.807, 2.05) is 36.4 Å². The van der Waals surface area contributed by atoms with Crippen LogP contribution in [0.3, 0.4) is 0 Å². The molecule has 0 spiro atoms. The second-order valence-electron chi connectivity index (χ2n) is 12.2. The van der Waals surface area contributed by atoms with E-state index < -0.39 is 11.7 Å². The van der Waals surface area contributed by atoms with E-state index in [2.05, 4.69) is 22.1 Å². The van der Waals surface area contributed by atoms with Gasteiger partial charge in [-0.3, -0.25) is 0 Å². The second-order valence-corrected chi connectivity index (χ2v) is 12.2. The van der Waals surface area contributed by atoms with Crippen LogP contribution in [-0.2, 0) is 6.61 Å². The predicted molar refractivity (Wildman–Crippen MR) is 163 cm³/mol. The van der Waals surface area contributed by atoms with Gasteiger partial charge in [-0.25, -0.2) is 4.79 Å². The molecule has 230 valence electrons. The molecule has 43 heavy (non-hydrogen) atoms. The molecule has 2 aliphatic rings. The molecule has 0 unspecified atom stereocenters. The first-order chi connectivity index (χ1) is 20.8. The third-order valence-electron chi connectivity index (χ3n) is 9.12. The van der Waals surface area contributed by atoms with Crippen LogP contribution in [0.25, 0.3) is 21.9 Å². The molecule has 2 atom stereocenters. The van der Waals surface area contributed by atoms with E-state index in [4.69, 9.17) is 18.6 Å². The van der Waals surface area contributed by atoms with Gasteiger partial charge in [0.25, 0.3) is 0 Å². The number of aliphatic hydroxyl groups excluding tert-OH is 1. The Bertz CT molecular complexity index is 1550. The molecule has 4 N–H and O–H groups in total. The maximum Gasteiger partial charge on any atom is 0.414 e. The minimum absolute atomic E-state index is 0.0528. The molecule has 4 aromatic rings. The van der Waals surface area contributed by atoms with E-state index in [1.54, 1.807) is 19.4 Å². The zero-order valence-corrected chi connectivity index (χ0v) is 24.8. The number of piperidine rings is 1. The summed E-state index contributed by atoms with van der Waals surface area (Å²) < 4.78 is 23.0. The third-order valence-corrected chi connectivity index (χ3v) is 9.12. The molecule has 2 aromatic heterocycles. The van der Waals surface area contributed by atoms with Crippen LogP contribution in [0.15, 0.2) is 53.1 Å². The number of aliphatic hydroxyl groups is 2. The fraction of sp³-hybridized carbons (Fsp3) is 0.485. The fourth-order valence-corrected chi connectivity index (χ4v) is 6.47. The Morgan fingerprint density at radius 3 is 2.74 bits per heavy atom. The Kier molecular flexibility index (Phi) is 8.52. The molecule has 3 heterocycles. The molecule has 1 amide bonds. The first-order valence-electron chi connectivity index (χ1n) is 15.2. The van der Waals surface area contributed by atoms with Crippen molar-refractivity contribution in [3.63, 3.8) is 0 Å². The lowest BCUT2D eigenvalue weighted by Crippen LogP contribution is -2.47. The number of H-pyrrole nitrogens is 1. The first kappa shape index (κ1) is 29.3. The quantitative estimate of drug-likeness (QED) is 0.205. The summed E-state index contributed by atoms with van der Waals surface area (Å²) in [6.07, 6.45) is 5.08. The molecule has 1 saturated heterocycles. The van der Waals surface area contributed by atoms with Crippen LogP contribution in [-0.4, -0.2) is 70.7 Å². The lowest BCUT2D eigenvalue weighted by Gasteiger charge is -2.39. The largest absolute Gasteiger partial charge is 0.496 e. The van der Waals surface area contributed by atoms with Gasteiger partial charge < -0.3 is 44.0 Å². The Hall–Kier alpha value is -3.73. The first-order valence-corrected chi connectivity index (χ1v) is 15.2. The number of nitrogens with zero attached hydrogens (tertiary/aromatic N) is 1. The molecule has 2 fully saturated rings. The lowest BCUT2D eigenvalue weighted by molar-refractivity contribution is -0.0271. The highest BCUT2D eigenvalue weighted by Crippen LogP contribution is 2.35. The van der Waals surface area contributed by atoms with Gasteiger partial charge in [0, 0.05) is 42.7 Å². The Morgan fingerprint density at radius 2 is 1.95 bits per heavy atom. The summed E-state index contributed by atoms with van der Waals surface area (Å²) in [7, 11) is 1.63. The maximum atomic E-state index is 12.8. The summed E-state index contributed by atoms with van der Waals surface area (Å²) in [6.45, 7) is 4.92. The average Bonchev–Trinajstić information content (AvgIpc) is 3.62. The van der Waals surface area contributed by atoms with Crippen LogP contribution in [0.5, 0.6) is 17.4 Å². The number of benzene rings is 2. The number of nitrogens with one attached hydrogen (secondary N) is 2. The van der Waals surface area contributed by atoms with Crippen molar-refractivity contribution in [1.82, 2.24) is 15.2 Å². The van der Waals surface area contributed by atoms with Crippen molar-refractivity contribution in [3.8, 4) is 17.4 Å². The molecule has 10 nitrogen and oxygen atoms in total. The molecule has 1 aliphatic carbocycles. The van der Waals surface area contributed by atoms with Crippen LogP contribution < -0.4 is 19.5 Å². The van der Waals surface area contributed by atoms with Crippen molar-refractivity contribution in [2.45, 2.75) is 69.8 Å². The van der Waals surface area contributed by atoms with E-state index in [1.165, 1.54) is 0 Å². The van der Waals surface area contributed by atoms with Crippen LogP contribution >= 0.6 is 0 Å². The van der Waals surface area contributed by atoms with Gasteiger partial charge in [-0.05, 0) is 68.7 Å². The third kappa shape index (κ3) is 6.61. The zero-order chi connectivity index (χ0) is 30.0. The molecular formula is C33H41N3O7. The summed E-state index contributed by atoms with van der Waals surface area (Å²) in [4.78, 5) is 18.3. The highest BCUT2D eigenvalue weighted by atomic mass is 16.6. The van der Waals surface area contributed by atoms with E-state index in [0.717, 1.165) is 59.2 Å². The Labute approximate surface area is 250 Å². The van der Waals surface area contributed by atoms with Gasteiger partial charge in [0.05, 0.1) is 36.0 Å². The Morgan fingerprint density at radius 1 is 1.16 bits per heavy atom. The molecule has 2 aromatic carbocycles. The minimum Gasteiger partial charge on any atom is -0.496 e. The zero-order valence-electron chi connectivity index (χ0n) is 24.8. The van der Waals surface area contributed by atoms with Crippen molar-refractivity contribution in [3.05, 3.63) is 54.3 Å². The van der Waals surface area contributed by atoms with E-state index in [9.17, 15) is 15.0 Å². The SMILES string of the molecule is COc1cccc2occ(COc3cccc4[nH]c(OC(=O)NC5CCC(O)(CCN6CC[C@H](O)[C@@H](C)C6)CC5)cc34)c12. The topological polar surface area (TPSA) is 129 Å². The number of carbonyl (C=O) groups excluding carboxylic acids is 1. The van der Waals surface area contributed by atoms with Crippen molar-refractivity contribution in [2.24, 2.45) is 5.92 Å². The highest BCUT2D eigenvalue weighted by Gasteiger charge is 2.35. The number of carbonyl (C=O) groups is 1. The average molecular weight is 592 g/mol. The monoisotopic (exact) mass is 591 g/mol. The number of aromatic nitrogens is 1. The molecule has 0 radical (unpaired) electrons. The number of hydrogen-bond acceptors (Lipinski definition) is 8. The van der Waals surface area contributed by atoms with Crippen molar-refractivity contribution in [2.75, 3.05) is 26.7 Å². The van der Waals surface area contributed by atoms with Crippen LogP contribution in [0.4, 0.5) is 4.79 Å². The second kappa shape index (κ2) is 12.5. The normalized spacial score (nSPS) is 24.7. The van der Waals surface area contributed by atoms with Gasteiger partial charge >= 0.3 is 6.09 Å². The highest BCUT2D eigenvalue weighted by molar-refractivity contribution is 5.89. The van der Waals surface area contributed by atoms with Gasteiger partial charge in [-0.15, -0.1) is 0 Å². The number of fused-ring (bicyclic) bond motifs is 2. The number of amides is 1. The lowest BCUT2D eigenvalue weighted by atomic mass is 9.80. The van der Waals surface area contributed by atoms with Crippen LogP contribution in [0, 0.1) is 5.92 Å². The van der Waals surface area contributed by atoms with E-state index in [-0.39, 0.29) is 24.7 Å². The fourth-order valence-electron chi connectivity index (χ4n) is 6.47. The summed E-state index contributed by atoms with van der Waals surface area (Å²) in [6, 6.07) is 13.0. The Balaban J connectivity index is 1.01. The summed E-state index contributed by atoms with van der Waals surface area (Å²) >= 11 is 0. The van der Waals surface area contributed by atoms with Gasteiger partial charge in [0.1, 0.15) is 23.7 Å². The molecule has 6 rings (SSSR count). The summed E-state index contributed by atoms with van der Waals surface area (Å²) in [5.74, 6) is 1.96. The molecule has 1 saturated carbocycles. The number of methoxy groups -OCH3 is 1. The molecular weight excluding hydrogens is 550 g/mol. The number of aromatic amines is 1. The number of hydrogen-bond donors (Lipinski definition) is 4. The van der Waals surface area contributed by atoms with Crippen molar-refractivity contribution < 1.29 is 33.6 Å². The molecule has 10 heteroatoms. The standard InChI is InChI=1S/C33H41N3O7/c1-21-18-36(15-11-26(21)37)16-14-33(39)12-9-23(10-13-33)34-32(38)43-30-17-24-25(35-30)5-3-6-27(24)41-19-22-20-42-29-8-4-7-28(40-2)31(22)29/h3-8,17,20-21,23,26,35,37,39H,9-16,18-19H2,1-2H3,(H,34,38)/t21-,23?,26-,33?/m0/s1. The van der Waals surface area contributed by atoms with Gasteiger partial charge in [-0.1, -0.05) is 19.1 Å². The van der Waals surface area contributed by atoms with Gasteiger partial charge in [0.15, 0.2) is 0 Å². The minimum atomic E-state index is -0.719. The van der Waals surface area contributed by atoms with E-state index >= 15 is 0 Å². The van der Waals surface area contributed by atoms with E-state index in [0.29, 0.717) is 43.7 Å². The smallest absolute Gasteiger partial charge is 0.414 e. The van der Waals surface area contributed by atoms with Gasteiger partial charge in [0.2, 0.25) is 5.88 Å². The number of ether oxygens (including phenoxy) is 3. The maximum absolute atomic E-state index is 12.8. The van der Waals surface area contributed by atoms with Crippen LogP contribution in [0.2, 0.25) is 0 Å².